The molecule has 32 heavy (non-hydrogen) atoms. The van der Waals surface area contributed by atoms with Crippen LogP contribution in [0.2, 0.25) is 0 Å². The lowest BCUT2D eigenvalue weighted by Gasteiger charge is -2.11. The molecule has 0 unspecified atom stereocenters. The molecule has 0 aliphatic carbocycles. The van der Waals surface area contributed by atoms with Crippen LogP contribution in [0.3, 0.4) is 0 Å². The molecule has 0 spiro atoms. The Bertz CT molecular complexity index is 1240. The Balaban J connectivity index is 1.59. The maximum atomic E-state index is 12.8. The Hall–Kier alpha value is -4.02. The van der Waals surface area contributed by atoms with E-state index in [4.69, 9.17) is 9.84 Å². The van der Waals surface area contributed by atoms with Crippen molar-refractivity contribution in [2.24, 2.45) is 0 Å². The number of aliphatic hydroxyl groups excluding tert-OH is 2. The molecular weight excluding hydrogens is 412 g/mol. The number of ether oxygens (including phenoxy) is 1. The van der Waals surface area contributed by atoms with Crippen molar-refractivity contribution in [3.05, 3.63) is 66.5 Å². The molecule has 1 amide bonds. The van der Waals surface area contributed by atoms with Crippen LogP contribution in [0, 0.1) is 0 Å². The molecule has 4 rings (SSSR count). The van der Waals surface area contributed by atoms with E-state index in [1.807, 2.05) is 6.07 Å². The van der Waals surface area contributed by atoms with E-state index in [-0.39, 0.29) is 18.9 Å². The molecule has 4 N–H and O–H groups in total. The lowest BCUT2D eigenvalue weighted by atomic mass is 10.1. The van der Waals surface area contributed by atoms with Gasteiger partial charge in [-0.05, 0) is 36.4 Å². The number of fused-ring (bicyclic) bond motifs is 1. The van der Waals surface area contributed by atoms with Crippen LogP contribution in [0.1, 0.15) is 10.5 Å². The third-order valence-corrected chi connectivity index (χ3v) is 4.62. The summed E-state index contributed by atoms with van der Waals surface area (Å²) in [5, 5.41) is 28.7. The Morgan fingerprint density at radius 1 is 1.16 bits per heavy atom. The predicted molar refractivity (Wildman–Crippen MR) is 119 cm³/mol. The first-order chi connectivity index (χ1) is 15.6. The largest absolute Gasteiger partial charge is 0.491 e. The van der Waals surface area contributed by atoms with Gasteiger partial charge in [0.15, 0.2) is 11.3 Å². The molecule has 4 aromatic rings. The fourth-order valence-electron chi connectivity index (χ4n) is 3.00. The van der Waals surface area contributed by atoms with Crippen molar-refractivity contribution in [1.82, 2.24) is 19.6 Å². The van der Waals surface area contributed by atoms with E-state index < -0.39 is 12.0 Å². The number of nitrogens with one attached hydrogen (secondary N) is 2. The van der Waals surface area contributed by atoms with Crippen LogP contribution in [-0.4, -0.2) is 62.1 Å². The second kappa shape index (κ2) is 9.41. The van der Waals surface area contributed by atoms with Gasteiger partial charge < -0.3 is 25.6 Å². The van der Waals surface area contributed by atoms with Gasteiger partial charge in [0.1, 0.15) is 30.1 Å². The van der Waals surface area contributed by atoms with Crippen LogP contribution in [0.4, 0.5) is 11.6 Å². The first kappa shape index (κ1) is 21.2. The molecular formula is C22H22N6O4. The third-order valence-electron chi connectivity index (χ3n) is 4.62. The van der Waals surface area contributed by atoms with Gasteiger partial charge in [0.05, 0.1) is 18.5 Å². The van der Waals surface area contributed by atoms with Gasteiger partial charge in [-0.15, -0.1) is 0 Å². The monoisotopic (exact) mass is 434 g/mol. The lowest BCUT2D eigenvalue weighted by molar-refractivity contribution is 0.0536. The molecule has 0 bridgehead atoms. The fraction of sp³-hybridized carbons (Fsp3) is 0.182. The van der Waals surface area contributed by atoms with Crippen molar-refractivity contribution in [2.45, 2.75) is 6.10 Å². The molecule has 10 nitrogen and oxygen atoms in total. The standard InChI is InChI=1S/C22H22N6O4/c1-23-19-6-3-7-20(25-19)26-22(31)18-11-24-21-9-8-17(27-28(18)21)14-4-2-5-16(10-14)32-13-15(30)12-29/h2-11,15,29-30H,12-13H2,1H3,(H2,23,25,26,31)/t15-/m1/s1. The van der Waals surface area contributed by atoms with E-state index in [1.165, 1.54) is 10.7 Å². The number of carbonyl (C=O) groups excluding carboxylic acids is 1. The maximum absolute atomic E-state index is 12.8. The molecule has 1 aromatic carbocycles. The number of amides is 1. The quantitative estimate of drug-likeness (QED) is 0.330. The highest BCUT2D eigenvalue weighted by Gasteiger charge is 2.15. The van der Waals surface area contributed by atoms with Crippen molar-refractivity contribution in [1.29, 1.82) is 0 Å². The number of rotatable bonds is 8. The lowest BCUT2D eigenvalue weighted by Crippen LogP contribution is -2.21. The number of hydrogen-bond acceptors (Lipinski definition) is 8. The van der Waals surface area contributed by atoms with Gasteiger partial charge in [-0.25, -0.2) is 14.5 Å². The normalized spacial score (nSPS) is 11.8. The smallest absolute Gasteiger partial charge is 0.277 e. The van der Waals surface area contributed by atoms with Gasteiger partial charge in [0, 0.05) is 12.6 Å². The minimum absolute atomic E-state index is 0.0267. The molecule has 0 aliphatic heterocycles. The second-order valence-electron chi connectivity index (χ2n) is 6.92. The highest BCUT2D eigenvalue weighted by atomic mass is 16.5. The molecule has 10 heteroatoms. The summed E-state index contributed by atoms with van der Waals surface area (Å²) in [5.74, 6) is 1.17. The van der Waals surface area contributed by atoms with E-state index in [2.05, 4.69) is 25.7 Å². The van der Waals surface area contributed by atoms with Crippen molar-refractivity contribution < 1.29 is 19.7 Å². The Kier molecular flexibility index (Phi) is 6.24. The van der Waals surface area contributed by atoms with Gasteiger partial charge in [-0.1, -0.05) is 18.2 Å². The molecule has 0 fully saturated rings. The minimum atomic E-state index is -0.955. The average molecular weight is 434 g/mol. The topological polar surface area (TPSA) is 134 Å². The van der Waals surface area contributed by atoms with Crippen LogP contribution in [0.5, 0.6) is 5.75 Å². The van der Waals surface area contributed by atoms with Gasteiger partial charge in [-0.3, -0.25) is 4.79 Å². The average Bonchev–Trinajstić information content (AvgIpc) is 3.26. The summed E-state index contributed by atoms with van der Waals surface area (Å²) in [6.07, 6.45) is 0.502. The van der Waals surface area contributed by atoms with E-state index >= 15 is 0 Å². The fourth-order valence-corrected chi connectivity index (χ4v) is 3.00. The molecule has 164 valence electrons. The summed E-state index contributed by atoms with van der Waals surface area (Å²) >= 11 is 0. The summed E-state index contributed by atoms with van der Waals surface area (Å²) in [6, 6.07) is 16.0. The number of hydrogen-bond donors (Lipinski definition) is 4. The molecule has 0 saturated heterocycles. The van der Waals surface area contributed by atoms with Crippen LogP contribution in [0.15, 0.2) is 60.8 Å². The van der Waals surface area contributed by atoms with Crippen LogP contribution in [-0.2, 0) is 0 Å². The van der Waals surface area contributed by atoms with Crippen LogP contribution in [0.25, 0.3) is 16.9 Å². The molecule has 0 radical (unpaired) electrons. The first-order valence-corrected chi connectivity index (χ1v) is 9.90. The van der Waals surface area contributed by atoms with E-state index in [0.29, 0.717) is 28.7 Å². The molecule has 0 aliphatic rings. The summed E-state index contributed by atoms with van der Waals surface area (Å²) in [4.78, 5) is 21.4. The molecule has 1 atom stereocenters. The van der Waals surface area contributed by atoms with E-state index in [1.54, 1.807) is 55.6 Å². The number of anilines is 2. The van der Waals surface area contributed by atoms with Gasteiger partial charge >= 0.3 is 0 Å². The highest BCUT2D eigenvalue weighted by Crippen LogP contribution is 2.23. The van der Waals surface area contributed by atoms with Crippen molar-refractivity contribution in [3.63, 3.8) is 0 Å². The Labute approximate surface area is 183 Å². The van der Waals surface area contributed by atoms with E-state index in [9.17, 15) is 9.90 Å². The highest BCUT2D eigenvalue weighted by molar-refractivity contribution is 6.03. The van der Waals surface area contributed by atoms with Gasteiger partial charge in [0.2, 0.25) is 0 Å². The first-order valence-electron chi connectivity index (χ1n) is 9.90. The zero-order valence-corrected chi connectivity index (χ0v) is 17.3. The number of carbonyl (C=O) groups is 1. The number of aromatic nitrogens is 4. The molecule has 3 aromatic heterocycles. The minimum Gasteiger partial charge on any atom is -0.491 e. The number of pyridine rings is 1. The van der Waals surface area contributed by atoms with E-state index in [0.717, 1.165) is 5.56 Å². The zero-order chi connectivity index (χ0) is 22.5. The Morgan fingerprint density at radius 2 is 1.97 bits per heavy atom. The zero-order valence-electron chi connectivity index (χ0n) is 17.3. The molecule has 3 heterocycles. The van der Waals surface area contributed by atoms with Crippen molar-refractivity contribution in [2.75, 3.05) is 30.9 Å². The van der Waals surface area contributed by atoms with Crippen molar-refractivity contribution in [3.8, 4) is 17.0 Å². The number of imidazole rings is 1. The SMILES string of the molecule is CNc1cccc(NC(=O)c2cnc3ccc(-c4cccc(OC[C@H](O)CO)c4)nn23)n1. The van der Waals surface area contributed by atoms with Crippen LogP contribution >= 0.6 is 0 Å². The summed E-state index contributed by atoms with van der Waals surface area (Å²) in [6.45, 7) is -0.404. The number of benzene rings is 1. The second-order valence-corrected chi connectivity index (χ2v) is 6.92. The van der Waals surface area contributed by atoms with Gasteiger partial charge in [0.25, 0.3) is 5.91 Å². The predicted octanol–water partition coefficient (Wildman–Crippen LogP) is 1.82. The summed E-state index contributed by atoms with van der Waals surface area (Å²) in [5.41, 5.74) is 2.14. The van der Waals surface area contributed by atoms with Crippen LogP contribution < -0.4 is 15.4 Å². The Morgan fingerprint density at radius 3 is 2.78 bits per heavy atom. The molecule has 0 saturated carbocycles. The van der Waals surface area contributed by atoms with Crippen molar-refractivity contribution >= 4 is 23.2 Å². The van der Waals surface area contributed by atoms with Gasteiger partial charge in [-0.2, -0.15) is 5.10 Å². The maximum Gasteiger partial charge on any atom is 0.277 e. The summed E-state index contributed by atoms with van der Waals surface area (Å²) < 4.78 is 6.98. The third kappa shape index (κ3) is 4.66. The number of nitrogens with zero attached hydrogens (tertiary/aromatic N) is 4. The number of aliphatic hydroxyl groups is 2. The summed E-state index contributed by atoms with van der Waals surface area (Å²) in [7, 11) is 1.75.